The van der Waals surface area contributed by atoms with Gasteiger partial charge in [-0.05, 0) is 18.8 Å². The lowest BCUT2D eigenvalue weighted by Crippen LogP contribution is -2.49. The number of halogens is 3. The molecular formula is C9H17F3N2O3S. The average Bonchev–Trinajstić information content (AvgIpc) is 2.26. The van der Waals surface area contributed by atoms with E-state index in [4.69, 9.17) is 5.11 Å². The van der Waals surface area contributed by atoms with E-state index in [0.29, 0.717) is 12.8 Å². The summed E-state index contributed by atoms with van der Waals surface area (Å²) in [4.78, 5) is 0. The molecule has 0 aromatic rings. The molecule has 108 valence electrons. The molecule has 9 heteroatoms. The van der Waals surface area contributed by atoms with Crippen molar-refractivity contribution in [1.29, 1.82) is 0 Å². The van der Waals surface area contributed by atoms with E-state index in [-0.39, 0.29) is 12.5 Å². The van der Waals surface area contributed by atoms with Crippen molar-refractivity contribution in [3.63, 3.8) is 0 Å². The Hall–Kier alpha value is -0.380. The fraction of sp³-hybridized carbons (Fsp3) is 1.00. The number of rotatable bonds is 5. The molecule has 5 nitrogen and oxygen atoms in total. The van der Waals surface area contributed by atoms with E-state index in [2.05, 4.69) is 4.72 Å². The zero-order valence-electron chi connectivity index (χ0n) is 9.70. The van der Waals surface area contributed by atoms with Crippen LogP contribution in [-0.4, -0.2) is 38.9 Å². The Labute approximate surface area is 104 Å². The molecule has 2 atom stereocenters. The van der Waals surface area contributed by atoms with Crippen molar-refractivity contribution < 1.29 is 26.7 Å². The fourth-order valence-corrected chi connectivity index (χ4v) is 3.15. The van der Waals surface area contributed by atoms with Crippen LogP contribution in [0.5, 0.6) is 0 Å². The molecular weight excluding hydrogens is 273 g/mol. The van der Waals surface area contributed by atoms with Crippen LogP contribution in [0.25, 0.3) is 0 Å². The first-order valence-corrected chi connectivity index (χ1v) is 7.16. The van der Waals surface area contributed by atoms with Crippen LogP contribution in [0.1, 0.15) is 25.7 Å². The van der Waals surface area contributed by atoms with Crippen LogP contribution in [0, 0.1) is 5.92 Å². The van der Waals surface area contributed by atoms with Gasteiger partial charge in [0.15, 0.2) is 0 Å². The molecule has 3 N–H and O–H groups in total. The molecule has 1 rings (SSSR count). The number of alkyl halides is 3. The monoisotopic (exact) mass is 290 g/mol. The molecule has 0 spiro atoms. The summed E-state index contributed by atoms with van der Waals surface area (Å²) in [6.45, 7) is -1.77. The first-order chi connectivity index (χ1) is 8.23. The summed E-state index contributed by atoms with van der Waals surface area (Å²) in [6.07, 6.45) is -1.71. The van der Waals surface area contributed by atoms with Crippen molar-refractivity contribution in [3.05, 3.63) is 0 Å². The summed E-state index contributed by atoms with van der Waals surface area (Å²) in [5, 5.41) is 9.08. The van der Waals surface area contributed by atoms with Gasteiger partial charge in [-0.25, -0.2) is 0 Å². The molecule has 18 heavy (non-hydrogen) atoms. The molecule has 1 fully saturated rings. The Morgan fingerprint density at radius 1 is 1.22 bits per heavy atom. The summed E-state index contributed by atoms with van der Waals surface area (Å²) < 4.78 is 62.2. The summed E-state index contributed by atoms with van der Waals surface area (Å²) >= 11 is 0. The van der Waals surface area contributed by atoms with E-state index < -0.39 is 29.0 Å². The first kappa shape index (κ1) is 15.7. The van der Waals surface area contributed by atoms with Gasteiger partial charge in [0.2, 0.25) is 0 Å². The highest BCUT2D eigenvalue weighted by molar-refractivity contribution is 7.87. The van der Waals surface area contributed by atoms with Crippen molar-refractivity contribution in [2.45, 2.75) is 37.9 Å². The normalized spacial score (nSPS) is 26.2. The minimum Gasteiger partial charge on any atom is -0.396 e. The van der Waals surface area contributed by atoms with Crippen LogP contribution in [0.4, 0.5) is 13.2 Å². The standard InChI is InChI=1S/C9H17F3N2O3S/c10-9(11,12)6-13-18(16,17)14-8-4-2-1-3-7(8)5-15/h7-8,13-15H,1-6H2. The summed E-state index contributed by atoms with van der Waals surface area (Å²) in [6, 6.07) is -0.505. The quantitative estimate of drug-likeness (QED) is 0.691. The molecule has 0 radical (unpaired) electrons. The van der Waals surface area contributed by atoms with Gasteiger partial charge in [-0.15, -0.1) is 0 Å². The van der Waals surface area contributed by atoms with E-state index in [1.165, 1.54) is 4.72 Å². The van der Waals surface area contributed by atoms with Crippen LogP contribution < -0.4 is 9.44 Å². The van der Waals surface area contributed by atoms with Crippen LogP contribution in [-0.2, 0) is 10.2 Å². The zero-order valence-corrected chi connectivity index (χ0v) is 10.5. The van der Waals surface area contributed by atoms with E-state index in [1.54, 1.807) is 0 Å². The van der Waals surface area contributed by atoms with Gasteiger partial charge >= 0.3 is 6.18 Å². The Kier molecular flexibility index (Phi) is 5.38. The van der Waals surface area contributed by atoms with Gasteiger partial charge < -0.3 is 5.11 Å². The molecule has 0 heterocycles. The van der Waals surface area contributed by atoms with Crippen LogP contribution in [0.3, 0.4) is 0 Å². The highest BCUT2D eigenvalue weighted by Gasteiger charge is 2.32. The Morgan fingerprint density at radius 3 is 2.39 bits per heavy atom. The smallest absolute Gasteiger partial charge is 0.396 e. The van der Waals surface area contributed by atoms with Crippen LogP contribution in [0.15, 0.2) is 0 Å². The van der Waals surface area contributed by atoms with Gasteiger partial charge in [-0.3, -0.25) is 0 Å². The summed E-state index contributed by atoms with van der Waals surface area (Å²) in [5.41, 5.74) is 0. The van der Waals surface area contributed by atoms with Crippen molar-refractivity contribution in [3.8, 4) is 0 Å². The van der Waals surface area contributed by atoms with Crippen molar-refractivity contribution in [1.82, 2.24) is 9.44 Å². The first-order valence-electron chi connectivity index (χ1n) is 5.68. The van der Waals surface area contributed by atoms with E-state index >= 15 is 0 Å². The molecule has 0 aromatic carbocycles. The largest absolute Gasteiger partial charge is 0.402 e. The molecule has 1 saturated carbocycles. The van der Waals surface area contributed by atoms with Gasteiger partial charge in [0.05, 0.1) is 0 Å². The summed E-state index contributed by atoms with van der Waals surface area (Å²) in [5.74, 6) is -0.235. The number of aliphatic hydroxyl groups excluding tert-OH is 1. The van der Waals surface area contributed by atoms with Gasteiger partial charge in [0.1, 0.15) is 6.54 Å². The SMILES string of the molecule is O=S(=O)(NCC(F)(F)F)NC1CCCCC1CO. The molecule has 0 saturated heterocycles. The molecule has 2 unspecified atom stereocenters. The van der Waals surface area contributed by atoms with Gasteiger partial charge in [-0.2, -0.15) is 31.0 Å². The lowest BCUT2D eigenvalue weighted by molar-refractivity contribution is -0.121. The zero-order chi connectivity index (χ0) is 13.8. The van der Waals surface area contributed by atoms with E-state index in [1.807, 2.05) is 0 Å². The van der Waals surface area contributed by atoms with Gasteiger partial charge in [0, 0.05) is 12.6 Å². The third-order valence-corrected chi connectivity index (χ3v) is 4.05. The number of hydrogen-bond donors (Lipinski definition) is 3. The van der Waals surface area contributed by atoms with Crippen LogP contribution >= 0.6 is 0 Å². The predicted octanol–water partition coefficient (Wildman–Crippen LogP) is 0.524. The lowest BCUT2D eigenvalue weighted by Gasteiger charge is -2.30. The van der Waals surface area contributed by atoms with E-state index in [9.17, 15) is 21.6 Å². The van der Waals surface area contributed by atoms with Crippen molar-refractivity contribution in [2.75, 3.05) is 13.2 Å². The molecule has 0 amide bonds. The third-order valence-electron chi connectivity index (χ3n) is 2.91. The van der Waals surface area contributed by atoms with E-state index in [0.717, 1.165) is 12.8 Å². The second-order valence-electron chi connectivity index (χ2n) is 4.39. The second kappa shape index (κ2) is 6.18. The minimum absolute atomic E-state index is 0.174. The number of aliphatic hydroxyl groups is 1. The van der Waals surface area contributed by atoms with Gasteiger partial charge in [0.25, 0.3) is 10.2 Å². The third kappa shape index (κ3) is 5.51. The molecule has 1 aliphatic carbocycles. The Balaban J connectivity index is 2.53. The molecule has 1 aliphatic rings. The molecule has 0 aromatic heterocycles. The average molecular weight is 290 g/mol. The maximum absolute atomic E-state index is 11.9. The highest BCUT2D eigenvalue weighted by Crippen LogP contribution is 2.24. The highest BCUT2D eigenvalue weighted by atomic mass is 32.2. The maximum Gasteiger partial charge on any atom is 0.402 e. The summed E-state index contributed by atoms with van der Waals surface area (Å²) in [7, 11) is -4.19. The lowest BCUT2D eigenvalue weighted by atomic mass is 9.86. The number of hydrogen-bond acceptors (Lipinski definition) is 3. The van der Waals surface area contributed by atoms with Crippen molar-refractivity contribution >= 4 is 10.2 Å². The Morgan fingerprint density at radius 2 is 1.83 bits per heavy atom. The fourth-order valence-electron chi connectivity index (χ4n) is 2.00. The predicted molar refractivity (Wildman–Crippen MR) is 58.9 cm³/mol. The topological polar surface area (TPSA) is 78.4 Å². The maximum atomic E-state index is 11.9. The molecule has 0 bridgehead atoms. The van der Waals surface area contributed by atoms with Crippen molar-refractivity contribution in [2.24, 2.45) is 5.92 Å². The molecule has 0 aliphatic heterocycles. The second-order valence-corrected chi connectivity index (χ2v) is 5.92. The number of nitrogens with one attached hydrogen (secondary N) is 2. The minimum atomic E-state index is -4.59. The van der Waals surface area contributed by atoms with Crippen LogP contribution in [0.2, 0.25) is 0 Å². The Bertz CT molecular complexity index is 359. The van der Waals surface area contributed by atoms with Gasteiger partial charge in [-0.1, -0.05) is 12.8 Å².